The lowest BCUT2D eigenvalue weighted by Gasteiger charge is -2.34. The van der Waals surface area contributed by atoms with Gasteiger partial charge in [-0.2, -0.15) is 0 Å². The van der Waals surface area contributed by atoms with Crippen LogP contribution in [0.4, 0.5) is 0 Å². The minimum atomic E-state index is 0.00485. The molecular weight excluding hydrogens is 360 g/mol. The highest BCUT2D eigenvalue weighted by Gasteiger charge is 2.31. The van der Waals surface area contributed by atoms with Gasteiger partial charge >= 0.3 is 0 Å². The van der Waals surface area contributed by atoms with Crippen molar-refractivity contribution in [3.8, 4) is 0 Å². The molecule has 0 N–H and O–H groups in total. The highest BCUT2D eigenvalue weighted by molar-refractivity contribution is 7.09. The fourth-order valence-corrected chi connectivity index (χ4v) is 4.26. The summed E-state index contributed by atoms with van der Waals surface area (Å²) in [5, 5.41) is 3.15. The zero-order valence-electron chi connectivity index (χ0n) is 15.5. The number of hydrogen-bond acceptors (Lipinski definition) is 5. The zero-order valence-corrected chi connectivity index (χ0v) is 16.3. The number of nitrogens with zero attached hydrogens (tertiary/aromatic N) is 4. The van der Waals surface area contributed by atoms with Crippen LogP contribution in [0.25, 0.3) is 0 Å². The van der Waals surface area contributed by atoms with Crippen LogP contribution in [0.3, 0.4) is 0 Å². The van der Waals surface area contributed by atoms with Gasteiger partial charge in [0.15, 0.2) is 0 Å². The van der Waals surface area contributed by atoms with E-state index in [1.54, 1.807) is 18.4 Å². The fraction of sp³-hybridized carbons (Fsp3) is 0.350. The molecule has 0 aliphatic carbocycles. The number of fused-ring (bicyclic) bond motifs is 1. The number of hydrogen-bond donors (Lipinski definition) is 0. The van der Waals surface area contributed by atoms with Crippen LogP contribution in [-0.4, -0.2) is 45.6 Å². The van der Waals surface area contributed by atoms with Gasteiger partial charge in [0.25, 0.3) is 0 Å². The lowest BCUT2D eigenvalue weighted by atomic mass is 9.89. The Labute approximate surface area is 162 Å². The molecule has 0 saturated heterocycles. The highest BCUT2D eigenvalue weighted by atomic mass is 32.1. The normalized spacial score (nSPS) is 16.4. The summed E-state index contributed by atoms with van der Waals surface area (Å²) in [6.45, 7) is 4.01. The van der Waals surface area contributed by atoms with E-state index in [0.29, 0.717) is 19.6 Å². The molecule has 0 radical (unpaired) electrons. The topological polar surface area (TPSA) is 60.2 Å². The van der Waals surface area contributed by atoms with Gasteiger partial charge in [0.2, 0.25) is 5.91 Å². The van der Waals surface area contributed by atoms with E-state index in [1.165, 1.54) is 5.56 Å². The summed E-state index contributed by atoms with van der Waals surface area (Å²) in [5.74, 6) is 0.999. The van der Waals surface area contributed by atoms with Crippen molar-refractivity contribution >= 4 is 17.2 Å². The molecule has 7 heteroatoms. The Hall–Kier alpha value is -2.51. The first-order valence-electron chi connectivity index (χ1n) is 8.92. The summed E-state index contributed by atoms with van der Waals surface area (Å²) in [6.07, 6.45) is 3.82. The SMILES string of the molecule is COCC(=O)N1Cc2ccccc2C(c2nccn2Cc2csc(C)n2)C1. The van der Waals surface area contributed by atoms with Crippen molar-refractivity contribution in [1.82, 2.24) is 19.4 Å². The molecule has 1 aromatic carbocycles. The molecule has 3 heterocycles. The number of methoxy groups -OCH3 is 1. The second-order valence-corrected chi connectivity index (χ2v) is 7.79. The van der Waals surface area contributed by atoms with Crippen LogP contribution < -0.4 is 0 Å². The minimum absolute atomic E-state index is 0.00485. The van der Waals surface area contributed by atoms with Crippen molar-refractivity contribution in [3.63, 3.8) is 0 Å². The van der Waals surface area contributed by atoms with Gasteiger partial charge in [-0.3, -0.25) is 4.79 Å². The molecule has 0 bridgehead atoms. The predicted molar refractivity (Wildman–Crippen MR) is 104 cm³/mol. The molecule has 140 valence electrons. The zero-order chi connectivity index (χ0) is 18.8. The Kier molecular flexibility index (Phi) is 5.05. The van der Waals surface area contributed by atoms with Gasteiger partial charge in [0, 0.05) is 38.0 Å². The number of ether oxygens (including phenoxy) is 1. The molecule has 0 spiro atoms. The van der Waals surface area contributed by atoms with Gasteiger partial charge in [-0.25, -0.2) is 9.97 Å². The number of benzene rings is 1. The monoisotopic (exact) mass is 382 g/mol. The minimum Gasteiger partial charge on any atom is -0.375 e. The first kappa shape index (κ1) is 17.9. The number of carbonyl (C=O) groups excluding carboxylic acids is 1. The predicted octanol–water partition coefficient (Wildman–Crippen LogP) is 2.82. The van der Waals surface area contributed by atoms with Crippen molar-refractivity contribution < 1.29 is 9.53 Å². The second-order valence-electron chi connectivity index (χ2n) is 6.73. The van der Waals surface area contributed by atoms with Gasteiger partial charge in [-0.05, 0) is 18.1 Å². The molecule has 1 aliphatic rings. The Morgan fingerprint density at radius 1 is 1.37 bits per heavy atom. The first-order valence-corrected chi connectivity index (χ1v) is 9.80. The maximum absolute atomic E-state index is 12.5. The number of thiazole rings is 1. The van der Waals surface area contributed by atoms with Crippen LogP contribution in [-0.2, 0) is 22.6 Å². The van der Waals surface area contributed by atoms with E-state index < -0.39 is 0 Å². The van der Waals surface area contributed by atoms with Crippen molar-refractivity contribution in [2.24, 2.45) is 0 Å². The van der Waals surface area contributed by atoms with Crippen LogP contribution in [0.5, 0.6) is 0 Å². The number of rotatable bonds is 5. The fourth-order valence-electron chi connectivity index (χ4n) is 3.65. The molecule has 1 aliphatic heterocycles. The van der Waals surface area contributed by atoms with E-state index in [-0.39, 0.29) is 18.4 Å². The Balaban J connectivity index is 1.68. The summed E-state index contributed by atoms with van der Waals surface area (Å²) in [4.78, 5) is 23.6. The van der Waals surface area contributed by atoms with Crippen LogP contribution in [0.15, 0.2) is 42.0 Å². The third-order valence-corrected chi connectivity index (χ3v) is 5.70. The maximum atomic E-state index is 12.5. The van der Waals surface area contributed by atoms with E-state index in [4.69, 9.17) is 4.74 Å². The van der Waals surface area contributed by atoms with Crippen LogP contribution in [0.2, 0.25) is 0 Å². The van der Waals surface area contributed by atoms with Crippen LogP contribution in [0, 0.1) is 6.92 Å². The molecule has 0 saturated carbocycles. The number of aryl methyl sites for hydroxylation is 1. The molecule has 2 aromatic heterocycles. The lowest BCUT2D eigenvalue weighted by molar-refractivity contribution is -0.136. The molecule has 4 rings (SSSR count). The molecule has 3 aromatic rings. The summed E-state index contributed by atoms with van der Waals surface area (Å²) in [5.41, 5.74) is 3.44. The van der Waals surface area contributed by atoms with E-state index in [9.17, 15) is 4.79 Å². The second kappa shape index (κ2) is 7.62. The van der Waals surface area contributed by atoms with Gasteiger partial charge in [0.05, 0.1) is 23.2 Å². The van der Waals surface area contributed by atoms with Crippen molar-refractivity contribution in [2.45, 2.75) is 25.9 Å². The lowest BCUT2D eigenvalue weighted by Crippen LogP contribution is -2.41. The van der Waals surface area contributed by atoms with Crippen molar-refractivity contribution in [2.75, 3.05) is 20.3 Å². The molecule has 1 amide bonds. The number of imidazole rings is 1. The molecular formula is C20H22N4O2S. The first-order chi connectivity index (χ1) is 13.2. The molecule has 27 heavy (non-hydrogen) atoms. The van der Waals surface area contributed by atoms with E-state index in [2.05, 4.69) is 38.1 Å². The van der Waals surface area contributed by atoms with E-state index >= 15 is 0 Å². The highest BCUT2D eigenvalue weighted by Crippen LogP contribution is 2.33. The van der Waals surface area contributed by atoms with Gasteiger partial charge in [-0.15, -0.1) is 11.3 Å². The smallest absolute Gasteiger partial charge is 0.248 e. The molecule has 6 nitrogen and oxygen atoms in total. The van der Waals surface area contributed by atoms with Crippen LogP contribution in [0.1, 0.15) is 33.6 Å². The largest absolute Gasteiger partial charge is 0.375 e. The van der Waals surface area contributed by atoms with Crippen molar-refractivity contribution in [3.05, 3.63) is 69.7 Å². The van der Waals surface area contributed by atoms with E-state index in [0.717, 1.165) is 22.1 Å². The quantitative estimate of drug-likeness (QED) is 0.681. The Bertz CT molecular complexity index is 949. The Morgan fingerprint density at radius 2 is 2.22 bits per heavy atom. The average Bonchev–Trinajstić information content (AvgIpc) is 3.30. The summed E-state index contributed by atoms with van der Waals surface area (Å²) < 4.78 is 7.20. The van der Waals surface area contributed by atoms with Crippen LogP contribution >= 0.6 is 11.3 Å². The molecule has 1 atom stereocenters. The van der Waals surface area contributed by atoms with Crippen molar-refractivity contribution in [1.29, 1.82) is 0 Å². The maximum Gasteiger partial charge on any atom is 0.248 e. The third kappa shape index (κ3) is 3.65. The number of carbonyl (C=O) groups is 1. The summed E-state index contributed by atoms with van der Waals surface area (Å²) >= 11 is 1.65. The number of aromatic nitrogens is 3. The number of amides is 1. The Morgan fingerprint density at radius 3 is 3.00 bits per heavy atom. The standard InChI is InChI=1S/C20H22N4O2S/c1-14-22-16(13-27-14)10-23-8-7-21-20(23)18-11-24(19(25)12-26-2)9-15-5-3-4-6-17(15)18/h3-8,13,18H,9-12H2,1-2H3. The van der Waals surface area contributed by atoms with E-state index in [1.807, 2.05) is 30.3 Å². The van der Waals surface area contributed by atoms with Gasteiger partial charge in [0.1, 0.15) is 12.4 Å². The average molecular weight is 382 g/mol. The van der Waals surface area contributed by atoms with Gasteiger partial charge < -0.3 is 14.2 Å². The third-order valence-electron chi connectivity index (χ3n) is 4.87. The molecule has 1 unspecified atom stereocenters. The summed E-state index contributed by atoms with van der Waals surface area (Å²) in [6, 6.07) is 8.30. The summed E-state index contributed by atoms with van der Waals surface area (Å²) in [7, 11) is 1.55. The van der Waals surface area contributed by atoms with Gasteiger partial charge in [-0.1, -0.05) is 24.3 Å². The molecule has 0 fully saturated rings.